The van der Waals surface area contributed by atoms with E-state index in [1.54, 1.807) is 29.8 Å². The number of aldehydes is 1. The van der Waals surface area contributed by atoms with Gasteiger partial charge >= 0.3 is 0 Å². The van der Waals surface area contributed by atoms with Gasteiger partial charge in [-0.1, -0.05) is 24.0 Å². The van der Waals surface area contributed by atoms with Gasteiger partial charge in [-0.05, 0) is 23.6 Å². The number of rotatable bonds is 4. The Labute approximate surface area is 132 Å². The van der Waals surface area contributed by atoms with Gasteiger partial charge in [0.1, 0.15) is 23.3 Å². The van der Waals surface area contributed by atoms with Crippen molar-refractivity contribution in [2.45, 2.75) is 6.42 Å². The van der Waals surface area contributed by atoms with Gasteiger partial charge in [-0.2, -0.15) is 0 Å². The van der Waals surface area contributed by atoms with Crippen LogP contribution in [0.4, 0.5) is 5.82 Å². The summed E-state index contributed by atoms with van der Waals surface area (Å²) in [4.78, 5) is 20.0. The van der Waals surface area contributed by atoms with Crippen molar-refractivity contribution < 1.29 is 4.79 Å². The van der Waals surface area contributed by atoms with Crippen LogP contribution in [-0.4, -0.2) is 22.8 Å². The second-order valence-electron chi connectivity index (χ2n) is 4.58. The highest BCUT2D eigenvalue weighted by Crippen LogP contribution is 2.23. The summed E-state index contributed by atoms with van der Waals surface area (Å²) in [6.45, 7) is 0.724. The Hall–Kier alpha value is -2.71. The first-order valence-electron chi connectivity index (χ1n) is 6.83. The minimum Gasteiger partial charge on any atom is -0.368 e. The maximum absolute atomic E-state index is 10.6. The Morgan fingerprint density at radius 3 is 2.86 bits per heavy atom. The van der Waals surface area contributed by atoms with Crippen LogP contribution >= 0.6 is 11.3 Å². The molecule has 22 heavy (non-hydrogen) atoms. The summed E-state index contributed by atoms with van der Waals surface area (Å²) in [7, 11) is 0. The van der Waals surface area contributed by atoms with E-state index in [0.717, 1.165) is 34.4 Å². The second kappa shape index (κ2) is 6.83. The first kappa shape index (κ1) is 14.2. The molecule has 2 heterocycles. The molecule has 0 radical (unpaired) electrons. The van der Waals surface area contributed by atoms with Gasteiger partial charge in [0.15, 0.2) is 0 Å². The highest BCUT2D eigenvalue weighted by atomic mass is 32.1. The van der Waals surface area contributed by atoms with Crippen molar-refractivity contribution in [3.63, 3.8) is 0 Å². The summed E-state index contributed by atoms with van der Waals surface area (Å²) in [6, 6.07) is 9.25. The predicted molar refractivity (Wildman–Crippen MR) is 89.2 cm³/mol. The van der Waals surface area contributed by atoms with E-state index in [9.17, 15) is 4.79 Å². The maximum atomic E-state index is 10.6. The zero-order valence-electron chi connectivity index (χ0n) is 11.7. The molecular formula is C17H13N3OS. The summed E-state index contributed by atoms with van der Waals surface area (Å²) in [5.74, 6) is 7.04. The average molecular weight is 307 g/mol. The van der Waals surface area contributed by atoms with Crippen LogP contribution in [0.25, 0.3) is 10.2 Å². The largest absolute Gasteiger partial charge is 0.368 e. The van der Waals surface area contributed by atoms with Crippen molar-refractivity contribution in [1.82, 2.24) is 9.97 Å². The molecule has 0 saturated carbocycles. The number of anilines is 1. The lowest BCUT2D eigenvalue weighted by Gasteiger charge is -2.03. The molecule has 0 aliphatic heterocycles. The Kier molecular flexibility index (Phi) is 4.42. The molecule has 0 fully saturated rings. The molecule has 2 aromatic heterocycles. The van der Waals surface area contributed by atoms with Crippen LogP contribution in [-0.2, 0) is 0 Å². The Balaban J connectivity index is 1.56. The third kappa shape index (κ3) is 3.30. The molecule has 0 bridgehead atoms. The molecule has 1 N–H and O–H groups in total. The quantitative estimate of drug-likeness (QED) is 0.456. The topological polar surface area (TPSA) is 54.9 Å². The van der Waals surface area contributed by atoms with Crippen LogP contribution in [0.5, 0.6) is 0 Å². The number of carbonyl (C=O) groups excluding carboxylic acids is 1. The van der Waals surface area contributed by atoms with Gasteiger partial charge < -0.3 is 5.32 Å². The van der Waals surface area contributed by atoms with Crippen LogP contribution in [0.15, 0.2) is 42.0 Å². The van der Waals surface area contributed by atoms with Crippen molar-refractivity contribution in [3.8, 4) is 11.8 Å². The molecule has 0 aliphatic rings. The second-order valence-corrected chi connectivity index (χ2v) is 5.47. The number of fused-ring (bicyclic) bond motifs is 1. The molecule has 4 nitrogen and oxygen atoms in total. The molecule has 0 spiro atoms. The number of thiophene rings is 1. The van der Waals surface area contributed by atoms with E-state index in [4.69, 9.17) is 0 Å². The molecule has 3 rings (SSSR count). The molecule has 0 aliphatic carbocycles. The number of nitrogens with one attached hydrogen (secondary N) is 1. The first-order chi connectivity index (χ1) is 10.9. The van der Waals surface area contributed by atoms with Crippen molar-refractivity contribution in [3.05, 3.63) is 53.2 Å². The average Bonchev–Trinajstić information content (AvgIpc) is 3.04. The lowest BCUT2D eigenvalue weighted by atomic mass is 10.1. The highest BCUT2D eigenvalue weighted by Gasteiger charge is 2.02. The van der Waals surface area contributed by atoms with Gasteiger partial charge in [0, 0.05) is 24.1 Å². The van der Waals surface area contributed by atoms with E-state index in [1.165, 1.54) is 0 Å². The number of hydrogen-bond donors (Lipinski definition) is 1. The van der Waals surface area contributed by atoms with Gasteiger partial charge in [-0.25, -0.2) is 9.97 Å². The minimum atomic E-state index is 0.663. The van der Waals surface area contributed by atoms with Crippen LogP contribution in [0, 0.1) is 11.8 Å². The number of benzene rings is 1. The van der Waals surface area contributed by atoms with E-state index >= 15 is 0 Å². The fraction of sp³-hybridized carbons (Fsp3) is 0.118. The third-order valence-corrected chi connectivity index (χ3v) is 3.90. The summed E-state index contributed by atoms with van der Waals surface area (Å²) in [5, 5.41) is 6.34. The van der Waals surface area contributed by atoms with E-state index in [0.29, 0.717) is 12.0 Å². The van der Waals surface area contributed by atoms with E-state index in [2.05, 4.69) is 27.1 Å². The fourth-order valence-electron chi connectivity index (χ4n) is 1.98. The Morgan fingerprint density at radius 1 is 1.18 bits per heavy atom. The van der Waals surface area contributed by atoms with E-state index < -0.39 is 0 Å². The Morgan fingerprint density at radius 2 is 2.05 bits per heavy atom. The number of hydrogen-bond acceptors (Lipinski definition) is 5. The molecular weight excluding hydrogens is 294 g/mol. The standard InChI is InChI=1S/C17H13N3OS/c21-11-14-6-4-13(5-7-14)3-1-2-9-18-16-15-8-10-22-17(15)20-12-19-16/h4-8,10-12H,2,9H2,(H,18,19,20). The summed E-state index contributed by atoms with van der Waals surface area (Å²) in [6.07, 6.45) is 3.11. The first-order valence-corrected chi connectivity index (χ1v) is 7.71. The lowest BCUT2D eigenvalue weighted by molar-refractivity contribution is 0.112. The van der Waals surface area contributed by atoms with E-state index in [-0.39, 0.29) is 0 Å². The molecule has 1 aromatic carbocycles. The molecule has 0 amide bonds. The number of carbonyl (C=O) groups is 1. The smallest absolute Gasteiger partial charge is 0.150 e. The van der Waals surface area contributed by atoms with Crippen molar-refractivity contribution in [2.75, 3.05) is 11.9 Å². The number of aromatic nitrogens is 2. The van der Waals surface area contributed by atoms with Crippen molar-refractivity contribution in [2.24, 2.45) is 0 Å². The molecule has 108 valence electrons. The zero-order chi connectivity index (χ0) is 15.2. The van der Waals surface area contributed by atoms with Gasteiger partial charge in [0.05, 0.1) is 5.39 Å². The minimum absolute atomic E-state index is 0.663. The Bertz CT molecular complexity index is 843. The predicted octanol–water partition coefficient (Wildman–Crippen LogP) is 3.36. The SMILES string of the molecule is O=Cc1ccc(C#CCCNc2ncnc3sccc23)cc1. The maximum Gasteiger partial charge on any atom is 0.150 e. The summed E-state index contributed by atoms with van der Waals surface area (Å²) < 4.78 is 0. The summed E-state index contributed by atoms with van der Waals surface area (Å²) >= 11 is 1.60. The summed E-state index contributed by atoms with van der Waals surface area (Å²) in [5.41, 5.74) is 1.57. The van der Waals surface area contributed by atoms with E-state index in [1.807, 2.05) is 23.6 Å². The molecule has 3 aromatic rings. The lowest BCUT2D eigenvalue weighted by Crippen LogP contribution is -2.02. The van der Waals surface area contributed by atoms with Crippen LogP contribution in [0.1, 0.15) is 22.3 Å². The molecule has 0 saturated heterocycles. The van der Waals surface area contributed by atoms with Crippen molar-refractivity contribution >= 4 is 33.7 Å². The molecule has 0 atom stereocenters. The third-order valence-electron chi connectivity index (χ3n) is 3.08. The molecule has 5 heteroatoms. The van der Waals surface area contributed by atoms with Crippen LogP contribution < -0.4 is 5.32 Å². The number of nitrogens with zero attached hydrogens (tertiary/aromatic N) is 2. The zero-order valence-corrected chi connectivity index (χ0v) is 12.6. The van der Waals surface area contributed by atoms with Crippen molar-refractivity contribution in [1.29, 1.82) is 0 Å². The molecule has 0 unspecified atom stereocenters. The van der Waals surface area contributed by atoms with Crippen LogP contribution in [0.2, 0.25) is 0 Å². The van der Waals surface area contributed by atoms with Gasteiger partial charge in [-0.3, -0.25) is 4.79 Å². The highest BCUT2D eigenvalue weighted by molar-refractivity contribution is 7.16. The normalized spacial score (nSPS) is 10.0. The van der Waals surface area contributed by atoms with Gasteiger partial charge in [0.25, 0.3) is 0 Å². The monoisotopic (exact) mass is 307 g/mol. The van der Waals surface area contributed by atoms with Gasteiger partial charge in [0.2, 0.25) is 0 Å². The van der Waals surface area contributed by atoms with Crippen LogP contribution in [0.3, 0.4) is 0 Å². The fourth-order valence-corrected chi connectivity index (χ4v) is 2.72. The van der Waals surface area contributed by atoms with Gasteiger partial charge in [-0.15, -0.1) is 11.3 Å².